The van der Waals surface area contributed by atoms with Gasteiger partial charge in [-0.1, -0.05) is 6.07 Å². The minimum atomic E-state index is 0.0717. The predicted octanol–water partition coefficient (Wildman–Crippen LogP) is 0.125. The highest BCUT2D eigenvalue weighted by Crippen LogP contribution is 2.26. The number of nitrogens with zero attached hydrogens (tertiary/aromatic N) is 4. The van der Waals surface area contributed by atoms with Crippen molar-refractivity contribution in [3.05, 3.63) is 33.7 Å². The lowest BCUT2D eigenvalue weighted by Gasteiger charge is -2.26. The molecule has 0 unspecified atom stereocenters. The molecule has 2 aliphatic rings. The van der Waals surface area contributed by atoms with Crippen LogP contribution in [-0.2, 0) is 17.6 Å². The molecular formula is C17H23N5O3. The Morgan fingerprint density at radius 2 is 2.04 bits per heavy atom. The van der Waals surface area contributed by atoms with Gasteiger partial charge in [-0.05, 0) is 37.3 Å². The first kappa shape index (κ1) is 16.3. The van der Waals surface area contributed by atoms with Gasteiger partial charge in [0.25, 0.3) is 0 Å². The highest BCUT2D eigenvalue weighted by molar-refractivity contribution is 5.74. The van der Waals surface area contributed by atoms with Gasteiger partial charge in [0.2, 0.25) is 5.10 Å². The summed E-state index contributed by atoms with van der Waals surface area (Å²) in [6, 6.07) is 3.70. The van der Waals surface area contributed by atoms with Crippen molar-refractivity contribution in [3.63, 3.8) is 0 Å². The van der Waals surface area contributed by atoms with Crippen LogP contribution in [0.2, 0.25) is 0 Å². The standard InChI is InChI=1S/C17H23N5O3/c23-21-15-6-5-13-3-1-4-14(13)16(15)22(24)19-17(21)18-7-2-8-20-9-11-25-12-10-20/h5-6H,1-4,7-12H2,(H,18,19). The quantitative estimate of drug-likeness (QED) is 0.470. The lowest BCUT2D eigenvalue weighted by molar-refractivity contribution is -0.672. The lowest BCUT2D eigenvalue weighted by atomic mass is 10.1. The van der Waals surface area contributed by atoms with Crippen molar-refractivity contribution in [1.82, 2.24) is 10.00 Å². The van der Waals surface area contributed by atoms with E-state index in [9.17, 15) is 10.4 Å². The molecule has 0 bridgehead atoms. The molecule has 2 aromatic rings. The third-order valence-electron chi connectivity index (χ3n) is 5.06. The molecule has 0 atom stereocenters. The number of aromatic nitrogens is 3. The molecule has 0 spiro atoms. The molecule has 1 fully saturated rings. The van der Waals surface area contributed by atoms with Crippen molar-refractivity contribution in [3.8, 4) is 0 Å². The molecule has 134 valence electrons. The summed E-state index contributed by atoms with van der Waals surface area (Å²) >= 11 is 0. The van der Waals surface area contributed by atoms with Gasteiger partial charge in [-0.25, -0.2) is 4.73 Å². The Morgan fingerprint density at radius 3 is 2.88 bits per heavy atom. The van der Waals surface area contributed by atoms with E-state index < -0.39 is 0 Å². The van der Waals surface area contributed by atoms with E-state index in [1.54, 1.807) is 6.07 Å². The molecule has 0 saturated carbocycles. The number of aryl methyl sites for hydroxylation is 2. The van der Waals surface area contributed by atoms with E-state index >= 15 is 0 Å². The van der Waals surface area contributed by atoms with Gasteiger partial charge in [-0.3, -0.25) is 10.2 Å². The Bertz CT molecular complexity index is 777. The third-order valence-corrected chi connectivity index (χ3v) is 5.06. The number of ether oxygens (including phenoxy) is 1. The van der Waals surface area contributed by atoms with Gasteiger partial charge >= 0.3 is 11.5 Å². The van der Waals surface area contributed by atoms with Crippen molar-refractivity contribution in [1.29, 1.82) is 0 Å². The number of morpholine rings is 1. The number of anilines is 1. The van der Waals surface area contributed by atoms with Gasteiger partial charge < -0.3 is 15.2 Å². The minimum absolute atomic E-state index is 0.0717. The Balaban J connectivity index is 1.47. The number of rotatable bonds is 5. The minimum Gasteiger partial charge on any atom is -0.739 e. The largest absolute Gasteiger partial charge is 0.739 e. The predicted molar refractivity (Wildman–Crippen MR) is 92.1 cm³/mol. The fourth-order valence-corrected chi connectivity index (χ4v) is 3.74. The Hall–Kier alpha value is -2.19. The molecule has 1 aliphatic carbocycles. The van der Waals surface area contributed by atoms with Crippen LogP contribution < -0.4 is 14.9 Å². The van der Waals surface area contributed by atoms with E-state index in [-0.39, 0.29) is 5.95 Å². The smallest absolute Gasteiger partial charge is 0.460 e. The fraction of sp³-hybridized carbons (Fsp3) is 0.588. The van der Waals surface area contributed by atoms with Crippen LogP contribution in [0, 0.1) is 10.4 Å². The van der Waals surface area contributed by atoms with Crippen LogP contribution >= 0.6 is 0 Å². The number of nitrogens with one attached hydrogen (secondary N) is 1. The molecule has 1 aromatic heterocycles. The molecule has 1 aromatic carbocycles. The van der Waals surface area contributed by atoms with Crippen LogP contribution in [0.1, 0.15) is 24.0 Å². The van der Waals surface area contributed by atoms with Crippen LogP contribution in [0.4, 0.5) is 5.95 Å². The van der Waals surface area contributed by atoms with Gasteiger partial charge in [-0.15, -0.1) is 0 Å². The van der Waals surface area contributed by atoms with Crippen LogP contribution in [0.5, 0.6) is 0 Å². The Kier molecular flexibility index (Phi) is 4.54. The average Bonchev–Trinajstić information content (AvgIpc) is 3.11. The molecule has 0 radical (unpaired) electrons. The summed E-state index contributed by atoms with van der Waals surface area (Å²) in [4.78, 5) is 2.94. The van der Waals surface area contributed by atoms with Gasteiger partial charge in [0.15, 0.2) is 5.52 Å². The molecule has 25 heavy (non-hydrogen) atoms. The number of hydrogen-bond acceptors (Lipinski definition) is 6. The summed E-state index contributed by atoms with van der Waals surface area (Å²) in [7, 11) is 0. The van der Waals surface area contributed by atoms with Crippen molar-refractivity contribution < 1.29 is 14.3 Å². The molecule has 8 heteroatoms. The van der Waals surface area contributed by atoms with E-state index in [1.165, 1.54) is 0 Å². The maximum absolute atomic E-state index is 12.6. The van der Waals surface area contributed by atoms with Crippen LogP contribution in [0.3, 0.4) is 0 Å². The third kappa shape index (κ3) is 3.19. The van der Waals surface area contributed by atoms with Gasteiger partial charge in [0.05, 0.1) is 19.8 Å². The first-order valence-corrected chi connectivity index (χ1v) is 8.96. The molecule has 4 rings (SSSR count). The van der Waals surface area contributed by atoms with Crippen molar-refractivity contribution in [2.75, 3.05) is 44.7 Å². The molecule has 8 nitrogen and oxygen atoms in total. The zero-order chi connectivity index (χ0) is 17.2. The van der Waals surface area contributed by atoms with E-state index in [2.05, 4.69) is 15.3 Å². The Morgan fingerprint density at radius 1 is 1.20 bits per heavy atom. The molecule has 2 heterocycles. The monoisotopic (exact) mass is 345 g/mol. The van der Waals surface area contributed by atoms with Crippen molar-refractivity contribution in [2.45, 2.75) is 25.7 Å². The highest BCUT2D eigenvalue weighted by Gasteiger charge is 2.26. The average molecular weight is 345 g/mol. The zero-order valence-corrected chi connectivity index (χ0v) is 14.2. The lowest BCUT2D eigenvalue weighted by Crippen LogP contribution is -2.45. The molecule has 1 aliphatic heterocycles. The van der Waals surface area contributed by atoms with Gasteiger partial charge in [-0.2, -0.15) is 0 Å². The second-order valence-electron chi connectivity index (χ2n) is 6.65. The first-order valence-electron chi connectivity index (χ1n) is 8.96. The first-order chi connectivity index (χ1) is 12.2. The topological polar surface area (TPSA) is 91.3 Å². The summed E-state index contributed by atoms with van der Waals surface area (Å²) in [5.74, 6) is 0.0717. The summed E-state index contributed by atoms with van der Waals surface area (Å²) in [6.45, 7) is 4.99. The van der Waals surface area contributed by atoms with E-state index in [0.717, 1.165) is 74.4 Å². The molecule has 1 N–H and O–H groups in total. The van der Waals surface area contributed by atoms with Crippen molar-refractivity contribution >= 4 is 17.0 Å². The maximum Gasteiger partial charge on any atom is 0.460 e. The molecule has 0 amide bonds. The summed E-state index contributed by atoms with van der Waals surface area (Å²) in [5, 5.41) is 31.9. The summed E-state index contributed by atoms with van der Waals surface area (Å²) < 4.78 is 6.07. The number of hydrogen-bond donors (Lipinski definition) is 1. The van der Waals surface area contributed by atoms with E-state index in [0.29, 0.717) is 22.4 Å². The summed E-state index contributed by atoms with van der Waals surface area (Å²) in [5.41, 5.74) is 2.94. The highest BCUT2D eigenvalue weighted by atomic mass is 16.5. The molecular weight excluding hydrogens is 322 g/mol. The van der Waals surface area contributed by atoms with Crippen LogP contribution in [0.25, 0.3) is 11.0 Å². The van der Waals surface area contributed by atoms with E-state index in [1.807, 2.05) is 6.07 Å². The summed E-state index contributed by atoms with van der Waals surface area (Å²) in [6.07, 6.45) is 3.70. The van der Waals surface area contributed by atoms with Gasteiger partial charge in [0, 0.05) is 30.0 Å². The van der Waals surface area contributed by atoms with Crippen LogP contribution in [0.15, 0.2) is 12.1 Å². The second-order valence-corrected chi connectivity index (χ2v) is 6.65. The normalized spacial score (nSPS) is 17.8. The number of benzene rings is 1. The van der Waals surface area contributed by atoms with E-state index in [4.69, 9.17) is 4.74 Å². The van der Waals surface area contributed by atoms with Gasteiger partial charge in [0.1, 0.15) is 0 Å². The van der Waals surface area contributed by atoms with Crippen LogP contribution in [-0.4, -0.2) is 49.4 Å². The number of fused-ring (bicyclic) bond motifs is 3. The SMILES string of the molecule is [O-][n+]1nc(NCCCN2CCOCC2)[n+]([O-])c2ccc3c(c21)CCC3. The second kappa shape index (κ2) is 6.97. The molecule has 1 saturated heterocycles. The fourth-order valence-electron chi connectivity index (χ4n) is 3.74. The Labute approximate surface area is 146 Å². The van der Waals surface area contributed by atoms with Crippen molar-refractivity contribution in [2.24, 2.45) is 0 Å². The zero-order valence-electron chi connectivity index (χ0n) is 14.2. The maximum atomic E-state index is 12.6.